The number of hydrogen-bond donors (Lipinski definition) is 2. The third-order valence-corrected chi connectivity index (χ3v) is 5.20. The predicted octanol–water partition coefficient (Wildman–Crippen LogP) is 0.230. The molecule has 27 heavy (non-hydrogen) atoms. The fourth-order valence-corrected chi connectivity index (χ4v) is 3.49. The van der Waals surface area contributed by atoms with Crippen molar-refractivity contribution in [3.05, 3.63) is 53.1 Å². The lowest BCUT2D eigenvalue weighted by Crippen LogP contribution is -3.13. The number of likely N-dealkylation sites (N-methyl/N-ethyl adjacent to an activating group) is 1. The van der Waals surface area contributed by atoms with Crippen LogP contribution in [0.25, 0.3) is 0 Å². The number of carbonyl (C=O) groups excluding carboxylic acids is 1. The van der Waals surface area contributed by atoms with Gasteiger partial charge in [0, 0.05) is 36.2 Å². The van der Waals surface area contributed by atoms with Crippen LogP contribution in [-0.2, 0) is 13.0 Å². The molecule has 0 unspecified atom stereocenters. The van der Waals surface area contributed by atoms with E-state index in [0.717, 1.165) is 31.7 Å². The Morgan fingerprint density at radius 1 is 1.22 bits per heavy atom. The first-order valence-electron chi connectivity index (χ1n) is 9.18. The number of phenolic OH excluding ortho intramolecular Hbond substituents is 1. The molecule has 6 nitrogen and oxygen atoms in total. The second-order valence-corrected chi connectivity index (χ2v) is 7.08. The average Bonchev–Trinajstić information content (AvgIpc) is 2.67. The van der Waals surface area contributed by atoms with Gasteiger partial charge in [-0.25, -0.2) is 0 Å². The highest BCUT2D eigenvalue weighted by molar-refractivity contribution is 6.00. The highest BCUT2D eigenvalue weighted by atomic mass is 16.5. The molecule has 3 rings (SSSR count). The molecule has 2 aromatic carbocycles. The minimum absolute atomic E-state index is 0.0275. The third kappa shape index (κ3) is 4.40. The highest BCUT2D eigenvalue weighted by Gasteiger charge is 2.21. The highest BCUT2D eigenvalue weighted by Crippen LogP contribution is 2.29. The topological polar surface area (TPSA) is 77.3 Å². The number of carbonyl (C=O) groups is 1. The van der Waals surface area contributed by atoms with Gasteiger partial charge in [0.1, 0.15) is 18.0 Å². The summed E-state index contributed by atoms with van der Waals surface area (Å²) in [5, 5.41) is 23.1. The lowest BCUT2D eigenvalue weighted by molar-refractivity contribution is -0.918. The van der Waals surface area contributed by atoms with Gasteiger partial charge in [0.25, 0.3) is 0 Å². The molecule has 0 saturated carbocycles. The van der Waals surface area contributed by atoms with E-state index in [2.05, 4.69) is 11.9 Å². The Morgan fingerprint density at radius 2 is 1.93 bits per heavy atom. The summed E-state index contributed by atoms with van der Waals surface area (Å²) in [5.41, 5.74) is 1.20. The van der Waals surface area contributed by atoms with Crippen molar-refractivity contribution in [3.63, 3.8) is 0 Å². The van der Waals surface area contributed by atoms with Crippen LogP contribution in [0.1, 0.15) is 21.5 Å². The number of hydrogen-bond acceptors (Lipinski definition) is 5. The maximum absolute atomic E-state index is 12.9. The number of ketones is 1. The van der Waals surface area contributed by atoms with Gasteiger partial charge >= 0.3 is 0 Å². The molecule has 0 amide bonds. The normalized spacial score (nSPS) is 15.6. The number of rotatable bonds is 6. The molecule has 1 aliphatic rings. The van der Waals surface area contributed by atoms with Crippen LogP contribution in [0.5, 0.6) is 17.2 Å². The van der Waals surface area contributed by atoms with Gasteiger partial charge in [-0.3, -0.25) is 9.69 Å². The van der Waals surface area contributed by atoms with E-state index in [1.807, 2.05) is 18.2 Å². The Labute approximate surface area is 159 Å². The largest absolute Gasteiger partial charge is 0.872 e. The Hall–Kier alpha value is -2.57. The second kappa shape index (κ2) is 8.41. The molecule has 0 radical (unpaired) electrons. The molecular weight excluding hydrogens is 344 g/mol. The van der Waals surface area contributed by atoms with E-state index in [9.17, 15) is 15.0 Å². The van der Waals surface area contributed by atoms with Crippen LogP contribution >= 0.6 is 0 Å². The van der Waals surface area contributed by atoms with Gasteiger partial charge in [-0.2, -0.15) is 0 Å². The van der Waals surface area contributed by atoms with E-state index in [1.165, 1.54) is 17.0 Å². The monoisotopic (exact) mass is 370 g/mol. The standard InChI is InChI=1S/C21H26N2O4/c1-22-9-11-23(12-10-22)14-17-18(24)8-7-16(21(17)26)19(25)13-15-5-3-4-6-20(15)27-2/h3-8,24,26H,9-14H2,1-2H3. The zero-order chi connectivity index (χ0) is 19.4. The molecule has 1 fully saturated rings. The third-order valence-electron chi connectivity index (χ3n) is 5.20. The fourth-order valence-electron chi connectivity index (χ4n) is 3.49. The molecule has 0 aliphatic carbocycles. The number of aromatic hydroxyl groups is 1. The minimum Gasteiger partial charge on any atom is -0.872 e. The Balaban J connectivity index is 1.80. The molecule has 0 aromatic heterocycles. The number of nitrogens with one attached hydrogen (secondary N) is 1. The molecule has 144 valence electrons. The van der Waals surface area contributed by atoms with E-state index in [-0.39, 0.29) is 29.3 Å². The van der Waals surface area contributed by atoms with Crippen LogP contribution in [0, 0.1) is 0 Å². The van der Waals surface area contributed by atoms with E-state index >= 15 is 0 Å². The number of piperazine rings is 1. The van der Waals surface area contributed by atoms with Gasteiger partial charge < -0.3 is 19.8 Å². The second-order valence-electron chi connectivity index (χ2n) is 7.08. The van der Waals surface area contributed by atoms with Gasteiger partial charge in [0.15, 0.2) is 5.78 Å². The van der Waals surface area contributed by atoms with E-state index in [4.69, 9.17) is 4.74 Å². The molecule has 1 heterocycles. The summed E-state index contributed by atoms with van der Waals surface area (Å²) in [6, 6.07) is 10.2. The van der Waals surface area contributed by atoms with Gasteiger partial charge in [-0.05, 0) is 25.2 Å². The van der Waals surface area contributed by atoms with Gasteiger partial charge in [-0.15, -0.1) is 0 Å². The van der Waals surface area contributed by atoms with Crippen molar-refractivity contribution in [1.29, 1.82) is 0 Å². The SMILES string of the molecule is COc1ccccc1CC(=O)c1ccc(O)c(C[NH+]2CCN(C)CC2)c1[O-]. The van der Waals surface area contributed by atoms with Gasteiger partial charge in [0.05, 0.1) is 20.2 Å². The minimum atomic E-state index is -0.360. The summed E-state index contributed by atoms with van der Waals surface area (Å²) in [6.07, 6.45) is 0.0881. The molecule has 2 aromatic rings. The maximum atomic E-state index is 12.9. The lowest BCUT2D eigenvalue weighted by Gasteiger charge is -2.31. The average molecular weight is 370 g/mol. The molecule has 6 heteroatoms. The van der Waals surface area contributed by atoms with Crippen molar-refractivity contribution in [2.45, 2.75) is 13.0 Å². The van der Waals surface area contributed by atoms with E-state index < -0.39 is 0 Å². The Bertz CT molecular complexity index is 814. The Morgan fingerprint density at radius 3 is 2.63 bits per heavy atom. The van der Waals surface area contributed by atoms with Crippen molar-refractivity contribution in [3.8, 4) is 17.2 Å². The van der Waals surface area contributed by atoms with Gasteiger partial charge in [-0.1, -0.05) is 23.9 Å². The summed E-state index contributed by atoms with van der Waals surface area (Å²) >= 11 is 0. The first-order chi connectivity index (χ1) is 13.0. The van der Waals surface area contributed by atoms with E-state index in [0.29, 0.717) is 17.9 Å². The number of nitrogens with zero attached hydrogens (tertiary/aromatic N) is 1. The zero-order valence-electron chi connectivity index (χ0n) is 15.8. The van der Waals surface area contributed by atoms with Crippen LogP contribution in [0.3, 0.4) is 0 Å². The number of methoxy groups -OCH3 is 1. The fraction of sp³-hybridized carbons (Fsp3) is 0.381. The predicted molar refractivity (Wildman–Crippen MR) is 100 cm³/mol. The first-order valence-corrected chi connectivity index (χ1v) is 9.18. The van der Waals surface area contributed by atoms with Crippen LogP contribution in [0.4, 0.5) is 0 Å². The zero-order valence-corrected chi connectivity index (χ0v) is 15.8. The van der Waals surface area contributed by atoms with Crippen molar-refractivity contribution < 1.29 is 24.6 Å². The first kappa shape index (κ1) is 19.2. The van der Waals surface area contributed by atoms with Crippen LogP contribution < -0.4 is 14.7 Å². The number of quaternary nitrogens is 1. The van der Waals surface area contributed by atoms with Gasteiger partial charge in [0.2, 0.25) is 0 Å². The summed E-state index contributed by atoms with van der Waals surface area (Å²) in [6.45, 7) is 4.17. The molecule has 0 atom stereocenters. The molecule has 0 bridgehead atoms. The van der Waals surface area contributed by atoms with E-state index in [1.54, 1.807) is 13.2 Å². The van der Waals surface area contributed by atoms with Crippen molar-refractivity contribution in [2.24, 2.45) is 0 Å². The molecular formula is C21H26N2O4. The maximum Gasteiger partial charge on any atom is 0.166 e. The van der Waals surface area contributed by atoms with Crippen LogP contribution in [-0.4, -0.2) is 56.1 Å². The summed E-state index contributed by atoms with van der Waals surface area (Å²) in [7, 11) is 3.63. The molecule has 1 aliphatic heterocycles. The summed E-state index contributed by atoms with van der Waals surface area (Å²) < 4.78 is 5.29. The summed E-state index contributed by atoms with van der Waals surface area (Å²) in [5.74, 6) is -0.0279. The lowest BCUT2D eigenvalue weighted by atomic mass is 9.98. The number of Topliss-reactive ketones (excluding diaryl/α,β-unsaturated/α-hetero) is 1. The number of para-hydroxylation sites is 1. The smallest absolute Gasteiger partial charge is 0.166 e. The van der Waals surface area contributed by atoms with Crippen LogP contribution in [0.2, 0.25) is 0 Å². The number of ether oxygens (including phenoxy) is 1. The quantitative estimate of drug-likeness (QED) is 0.712. The summed E-state index contributed by atoms with van der Waals surface area (Å²) in [4.78, 5) is 16.2. The Kier molecular flexibility index (Phi) is 5.98. The van der Waals surface area contributed by atoms with Crippen molar-refractivity contribution in [2.75, 3.05) is 40.3 Å². The molecule has 2 N–H and O–H groups in total. The molecule has 0 spiro atoms. The van der Waals surface area contributed by atoms with Crippen LogP contribution in [0.15, 0.2) is 36.4 Å². The van der Waals surface area contributed by atoms with Crippen molar-refractivity contribution >= 4 is 5.78 Å². The van der Waals surface area contributed by atoms with Crippen molar-refractivity contribution in [1.82, 2.24) is 4.90 Å². The number of phenols is 1. The number of benzene rings is 2. The molecule has 1 saturated heterocycles.